The summed E-state index contributed by atoms with van der Waals surface area (Å²) >= 11 is 0. The van der Waals surface area contributed by atoms with Crippen LogP contribution < -0.4 is 5.73 Å². The number of benzene rings is 2. The van der Waals surface area contributed by atoms with Crippen molar-refractivity contribution in [3.8, 4) is 5.75 Å². The number of rotatable bonds is 4. The topological polar surface area (TPSA) is 85.4 Å². The molecule has 0 radical (unpaired) electrons. The first-order valence-electron chi connectivity index (χ1n) is 10.3. The van der Waals surface area contributed by atoms with Crippen molar-refractivity contribution in [1.29, 1.82) is 0 Å². The van der Waals surface area contributed by atoms with Gasteiger partial charge in [0.25, 0.3) is 0 Å². The van der Waals surface area contributed by atoms with Crippen LogP contribution >= 0.6 is 0 Å². The van der Waals surface area contributed by atoms with E-state index in [1.807, 2.05) is 0 Å². The Morgan fingerprint density at radius 2 is 1.54 bits per heavy atom. The number of halogens is 6. The third kappa shape index (κ3) is 5.60. The van der Waals surface area contributed by atoms with Crippen molar-refractivity contribution in [2.75, 3.05) is 0 Å². The molecule has 3 aromatic rings. The summed E-state index contributed by atoms with van der Waals surface area (Å²) in [5.74, 6) is -1.43. The minimum atomic E-state index is -5.06. The Hall–Kier alpha value is -3.50. The number of phenols is 1. The number of carbonyl (C=O) groups excluding carboxylic acids is 1. The maximum Gasteiger partial charge on any atom is 0.416 e. The lowest BCUT2D eigenvalue weighted by molar-refractivity contribution is -0.143. The summed E-state index contributed by atoms with van der Waals surface area (Å²) in [7, 11) is 0. The summed E-state index contributed by atoms with van der Waals surface area (Å²) in [5, 5.41) is 10.5. The number of ether oxygens (including phenoxy) is 1. The number of nitrogens with two attached hydrogens (primary N) is 1. The van der Waals surface area contributed by atoms with Gasteiger partial charge in [-0.1, -0.05) is 32.9 Å². The van der Waals surface area contributed by atoms with E-state index in [-0.39, 0.29) is 33.8 Å². The van der Waals surface area contributed by atoms with Gasteiger partial charge in [0.2, 0.25) is 0 Å². The van der Waals surface area contributed by atoms with Crippen molar-refractivity contribution in [3.63, 3.8) is 0 Å². The van der Waals surface area contributed by atoms with Gasteiger partial charge >= 0.3 is 18.4 Å². The molecule has 0 aliphatic heterocycles. The van der Waals surface area contributed by atoms with Gasteiger partial charge in [-0.2, -0.15) is 26.3 Å². The number of alkyl halides is 6. The Balaban J connectivity index is 2.37. The molecule has 0 aliphatic rings. The van der Waals surface area contributed by atoms with Gasteiger partial charge in [-0.3, -0.25) is 4.98 Å². The van der Waals surface area contributed by atoms with Crippen molar-refractivity contribution < 1.29 is 41.0 Å². The number of hydrogen-bond donors (Lipinski definition) is 2. The van der Waals surface area contributed by atoms with Crippen molar-refractivity contribution in [3.05, 3.63) is 70.9 Å². The number of amides is 1. The molecule has 11 heteroatoms. The number of aromatic nitrogens is 1. The molecule has 3 N–H and O–H groups in total. The second-order valence-electron chi connectivity index (χ2n) is 9.11. The van der Waals surface area contributed by atoms with E-state index in [1.165, 1.54) is 30.5 Å². The average molecular weight is 500 g/mol. The maximum atomic E-state index is 13.6. The van der Waals surface area contributed by atoms with Crippen LogP contribution in [0.3, 0.4) is 0 Å². The predicted octanol–water partition coefficient (Wildman–Crippen LogP) is 6.94. The van der Waals surface area contributed by atoms with Crippen LogP contribution in [0, 0.1) is 5.41 Å². The molecule has 2 atom stereocenters. The van der Waals surface area contributed by atoms with Crippen molar-refractivity contribution in [2.24, 2.45) is 11.1 Å². The van der Waals surface area contributed by atoms with E-state index in [0.717, 1.165) is 0 Å². The Labute approximate surface area is 196 Å². The number of carbonyl (C=O) groups is 1. The number of aromatic hydroxyl groups is 1. The van der Waals surface area contributed by atoms with Gasteiger partial charge in [-0.05, 0) is 41.3 Å². The number of phenolic OH excluding ortho intramolecular Hbond substituents is 1. The standard InChI is InChI=1S/C24H22F6N2O3/c1-22(2,3)18(12-9-13(23(25,26)27)11-14(10-12)24(28,29)30)20(35-21(31)34)16-6-7-17(33)19-15(16)5-4-8-32-19/h4-11,18,20,33H,1-3H3,(H2,31,34). The Morgan fingerprint density at radius 1 is 0.971 bits per heavy atom. The Bertz CT molecular complexity index is 1220. The summed E-state index contributed by atoms with van der Waals surface area (Å²) in [6, 6.07) is 6.92. The summed E-state index contributed by atoms with van der Waals surface area (Å²) in [5.41, 5.74) is 1.22. The van der Waals surface area contributed by atoms with Gasteiger partial charge in [0.1, 0.15) is 17.4 Å². The summed E-state index contributed by atoms with van der Waals surface area (Å²) in [4.78, 5) is 15.9. The van der Waals surface area contributed by atoms with Crippen molar-refractivity contribution in [2.45, 2.75) is 45.1 Å². The third-order valence-electron chi connectivity index (χ3n) is 5.54. The highest BCUT2D eigenvalue weighted by Gasteiger charge is 2.42. The first-order valence-corrected chi connectivity index (χ1v) is 10.3. The van der Waals surface area contributed by atoms with E-state index in [0.29, 0.717) is 12.1 Å². The normalized spacial score (nSPS) is 14.5. The molecule has 1 heterocycles. The lowest BCUT2D eigenvalue weighted by atomic mass is 9.70. The van der Waals surface area contributed by atoms with E-state index < -0.39 is 47.0 Å². The van der Waals surface area contributed by atoms with E-state index in [2.05, 4.69) is 4.98 Å². The number of fused-ring (bicyclic) bond motifs is 1. The number of hydrogen-bond acceptors (Lipinski definition) is 4. The summed E-state index contributed by atoms with van der Waals surface area (Å²) in [6.07, 6.45) is -11.4. The van der Waals surface area contributed by atoms with Gasteiger partial charge in [-0.25, -0.2) is 4.79 Å². The lowest BCUT2D eigenvalue weighted by Crippen LogP contribution is -2.30. The predicted molar refractivity (Wildman–Crippen MR) is 115 cm³/mol. The van der Waals surface area contributed by atoms with Crippen LogP contribution in [0.2, 0.25) is 0 Å². The van der Waals surface area contributed by atoms with Gasteiger partial charge in [0.05, 0.1) is 11.1 Å². The van der Waals surface area contributed by atoms with E-state index in [1.54, 1.807) is 20.8 Å². The van der Waals surface area contributed by atoms with Crippen molar-refractivity contribution in [1.82, 2.24) is 4.98 Å². The molecule has 0 aliphatic carbocycles. The zero-order valence-electron chi connectivity index (χ0n) is 18.8. The van der Waals surface area contributed by atoms with Crippen LogP contribution in [0.4, 0.5) is 31.1 Å². The molecule has 2 aromatic carbocycles. The molecule has 1 amide bonds. The quantitative estimate of drug-likeness (QED) is 0.380. The van der Waals surface area contributed by atoms with Gasteiger partial charge in [-0.15, -0.1) is 0 Å². The lowest BCUT2D eigenvalue weighted by Gasteiger charge is -2.38. The number of primary amides is 1. The van der Waals surface area contributed by atoms with E-state index in [4.69, 9.17) is 10.5 Å². The zero-order valence-corrected chi connectivity index (χ0v) is 18.8. The minimum absolute atomic E-state index is 0.0348. The molecule has 3 rings (SSSR count). The van der Waals surface area contributed by atoms with E-state index >= 15 is 0 Å². The number of nitrogens with zero attached hydrogens (tertiary/aromatic N) is 1. The molecule has 2 unspecified atom stereocenters. The second-order valence-corrected chi connectivity index (χ2v) is 9.11. The van der Waals surface area contributed by atoms with Crippen LogP contribution in [0.5, 0.6) is 5.75 Å². The highest BCUT2D eigenvalue weighted by molar-refractivity contribution is 5.87. The zero-order chi connectivity index (χ0) is 26.3. The van der Waals surface area contributed by atoms with Crippen LogP contribution in [0.15, 0.2) is 48.7 Å². The fourth-order valence-corrected chi connectivity index (χ4v) is 4.15. The molecule has 0 spiro atoms. The van der Waals surface area contributed by atoms with Gasteiger partial charge < -0.3 is 15.6 Å². The Morgan fingerprint density at radius 3 is 2.03 bits per heavy atom. The molecule has 0 bridgehead atoms. The maximum absolute atomic E-state index is 13.6. The first-order chi connectivity index (χ1) is 16.0. The molecule has 1 aromatic heterocycles. The first kappa shape index (κ1) is 26.1. The monoisotopic (exact) mass is 500 g/mol. The van der Waals surface area contributed by atoms with Gasteiger partial charge in [0.15, 0.2) is 0 Å². The van der Waals surface area contributed by atoms with Crippen LogP contribution in [0.25, 0.3) is 10.9 Å². The number of pyridine rings is 1. The SMILES string of the molecule is CC(C)(C)C(c1cc(C(F)(F)F)cc(C(F)(F)F)c1)C(OC(N)=O)c1ccc(O)c2ncccc12. The molecule has 0 fully saturated rings. The van der Waals surface area contributed by atoms with Crippen LogP contribution in [-0.4, -0.2) is 16.2 Å². The van der Waals surface area contributed by atoms with Crippen LogP contribution in [-0.2, 0) is 17.1 Å². The summed E-state index contributed by atoms with van der Waals surface area (Å²) < 4.78 is 86.8. The van der Waals surface area contributed by atoms with Crippen molar-refractivity contribution >= 4 is 17.0 Å². The highest BCUT2D eigenvalue weighted by Crippen LogP contribution is 2.50. The fraction of sp³-hybridized carbons (Fsp3) is 0.333. The molecular weight excluding hydrogens is 478 g/mol. The molecular formula is C24H22F6N2O3. The third-order valence-corrected chi connectivity index (χ3v) is 5.54. The summed E-state index contributed by atoms with van der Waals surface area (Å²) in [6.45, 7) is 4.76. The molecule has 35 heavy (non-hydrogen) atoms. The largest absolute Gasteiger partial charge is 0.506 e. The minimum Gasteiger partial charge on any atom is -0.506 e. The smallest absolute Gasteiger partial charge is 0.416 e. The second kappa shape index (κ2) is 8.94. The van der Waals surface area contributed by atoms with E-state index in [9.17, 15) is 36.2 Å². The molecule has 5 nitrogen and oxygen atoms in total. The van der Waals surface area contributed by atoms with Gasteiger partial charge in [0, 0.05) is 23.1 Å². The molecule has 188 valence electrons. The highest BCUT2D eigenvalue weighted by atomic mass is 19.4. The Kier molecular flexibility index (Phi) is 6.67. The van der Waals surface area contributed by atoms with Crippen LogP contribution in [0.1, 0.15) is 55.0 Å². The fourth-order valence-electron chi connectivity index (χ4n) is 4.15. The molecule has 0 saturated carbocycles. The molecule has 0 saturated heterocycles. The average Bonchev–Trinajstić information content (AvgIpc) is 2.71.